The Morgan fingerprint density at radius 3 is 2.89 bits per heavy atom. The van der Waals surface area contributed by atoms with E-state index in [0.29, 0.717) is 6.54 Å². The molecule has 100 valence electrons. The van der Waals surface area contributed by atoms with Crippen molar-refractivity contribution >= 4 is 17.2 Å². The molecule has 0 atom stereocenters. The lowest BCUT2D eigenvalue weighted by atomic mass is 10.2. The van der Waals surface area contributed by atoms with Crippen molar-refractivity contribution in [3.8, 4) is 0 Å². The topological polar surface area (TPSA) is 80.6 Å². The second kappa shape index (κ2) is 5.71. The van der Waals surface area contributed by atoms with Crippen molar-refractivity contribution in [2.45, 2.75) is 19.9 Å². The van der Waals surface area contributed by atoms with Crippen molar-refractivity contribution in [3.05, 3.63) is 56.1 Å². The number of hydrogen-bond acceptors (Lipinski definition) is 4. The smallest absolute Gasteiger partial charge is 0.261 e. The maximum Gasteiger partial charge on any atom is 0.261 e. The predicted octanol–water partition coefficient (Wildman–Crippen LogP) is 1.56. The van der Waals surface area contributed by atoms with Gasteiger partial charge in [0.05, 0.1) is 5.56 Å². The molecule has 2 aromatic heterocycles. The highest BCUT2D eigenvalue weighted by Crippen LogP contribution is 2.10. The number of nitrogens with zero attached hydrogens (tertiary/aromatic N) is 2. The highest BCUT2D eigenvalue weighted by atomic mass is 32.1. The van der Waals surface area contributed by atoms with Gasteiger partial charge in [0.15, 0.2) is 5.84 Å². The summed E-state index contributed by atoms with van der Waals surface area (Å²) in [5.41, 5.74) is 6.34. The Bertz CT molecular complexity index is 644. The second-order valence-electron chi connectivity index (χ2n) is 4.16. The summed E-state index contributed by atoms with van der Waals surface area (Å²) in [6.07, 6.45) is 0.790. The van der Waals surface area contributed by atoms with E-state index in [1.807, 2.05) is 24.4 Å². The van der Waals surface area contributed by atoms with Gasteiger partial charge in [-0.1, -0.05) is 11.2 Å². The van der Waals surface area contributed by atoms with Gasteiger partial charge >= 0.3 is 0 Å². The van der Waals surface area contributed by atoms with Gasteiger partial charge in [-0.2, -0.15) is 0 Å². The van der Waals surface area contributed by atoms with Gasteiger partial charge in [-0.05, 0) is 36.9 Å². The molecule has 0 bridgehead atoms. The summed E-state index contributed by atoms with van der Waals surface area (Å²) in [5.74, 6) is -0.158. The molecule has 0 spiro atoms. The normalized spacial score (nSPS) is 11.7. The first kappa shape index (κ1) is 13.4. The van der Waals surface area contributed by atoms with E-state index in [4.69, 9.17) is 10.9 Å². The van der Waals surface area contributed by atoms with Crippen LogP contribution in [0.5, 0.6) is 0 Å². The van der Waals surface area contributed by atoms with Crippen LogP contribution in [-0.4, -0.2) is 15.6 Å². The Morgan fingerprint density at radius 2 is 2.26 bits per heavy atom. The minimum absolute atomic E-state index is 0.158. The van der Waals surface area contributed by atoms with Gasteiger partial charge in [-0.25, -0.2) is 0 Å². The zero-order chi connectivity index (χ0) is 13.8. The summed E-state index contributed by atoms with van der Waals surface area (Å²) >= 11 is 1.67. The van der Waals surface area contributed by atoms with Crippen molar-refractivity contribution < 1.29 is 5.21 Å². The first-order valence-electron chi connectivity index (χ1n) is 5.84. The molecule has 0 aliphatic rings. The Morgan fingerprint density at radius 1 is 1.47 bits per heavy atom. The number of aryl methyl sites for hydroxylation is 2. The molecule has 0 aliphatic heterocycles. The van der Waals surface area contributed by atoms with Gasteiger partial charge in [-0.3, -0.25) is 4.79 Å². The zero-order valence-electron chi connectivity index (χ0n) is 10.5. The molecular formula is C13H15N3O2S. The fourth-order valence-corrected chi connectivity index (χ4v) is 2.57. The highest BCUT2D eigenvalue weighted by Gasteiger charge is 2.10. The van der Waals surface area contributed by atoms with Gasteiger partial charge in [0.1, 0.15) is 0 Å². The molecule has 3 N–H and O–H groups in total. The number of aromatic nitrogens is 1. The molecule has 0 aromatic carbocycles. The lowest BCUT2D eigenvalue weighted by Crippen LogP contribution is -2.31. The van der Waals surface area contributed by atoms with Crippen molar-refractivity contribution in [3.63, 3.8) is 0 Å². The summed E-state index contributed by atoms with van der Waals surface area (Å²) in [6.45, 7) is 2.45. The Kier molecular flexibility index (Phi) is 4.01. The third-order valence-corrected chi connectivity index (χ3v) is 3.87. The fraction of sp³-hybridized carbons (Fsp3) is 0.231. The van der Waals surface area contributed by atoms with Crippen molar-refractivity contribution in [1.29, 1.82) is 0 Å². The van der Waals surface area contributed by atoms with E-state index in [1.54, 1.807) is 28.0 Å². The van der Waals surface area contributed by atoms with E-state index in [2.05, 4.69) is 5.16 Å². The quantitative estimate of drug-likeness (QED) is 0.385. The summed E-state index contributed by atoms with van der Waals surface area (Å²) in [7, 11) is 0. The van der Waals surface area contributed by atoms with Gasteiger partial charge in [0.2, 0.25) is 0 Å². The lowest BCUT2D eigenvalue weighted by Gasteiger charge is -2.10. The van der Waals surface area contributed by atoms with E-state index >= 15 is 0 Å². The van der Waals surface area contributed by atoms with Crippen LogP contribution in [0.2, 0.25) is 0 Å². The van der Waals surface area contributed by atoms with Gasteiger partial charge in [0.25, 0.3) is 5.56 Å². The molecule has 2 heterocycles. The van der Waals surface area contributed by atoms with Crippen LogP contribution < -0.4 is 11.3 Å². The van der Waals surface area contributed by atoms with Crippen LogP contribution in [0.4, 0.5) is 0 Å². The first-order chi connectivity index (χ1) is 9.13. The molecule has 5 nitrogen and oxygen atoms in total. The molecule has 0 radical (unpaired) electrons. The molecule has 0 aliphatic carbocycles. The Balaban J connectivity index is 2.31. The molecule has 19 heavy (non-hydrogen) atoms. The molecular weight excluding hydrogens is 262 g/mol. The highest BCUT2D eigenvalue weighted by molar-refractivity contribution is 7.09. The number of oxime groups is 1. The van der Waals surface area contributed by atoms with Gasteiger partial charge < -0.3 is 15.5 Å². The third-order valence-electron chi connectivity index (χ3n) is 2.94. The minimum atomic E-state index is -0.230. The number of rotatable bonds is 4. The maximum atomic E-state index is 12.2. The monoisotopic (exact) mass is 277 g/mol. The standard InChI is InChI=1S/C13H15N3O2S/c1-9-4-5-11(12(14)15-18)13(17)16(9)7-6-10-3-2-8-19-10/h2-5,8,18H,6-7H2,1H3,(H2,14,15). The molecule has 2 rings (SSSR count). The van der Waals surface area contributed by atoms with Gasteiger partial charge in [0, 0.05) is 17.1 Å². The van der Waals surface area contributed by atoms with Crippen molar-refractivity contribution in [2.75, 3.05) is 0 Å². The zero-order valence-corrected chi connectivity index (χ0v) is 11.4. The van der Waals surface area contributed by atoms with E-state index in [-0.39, 0.29) is 17.0 Å². The van der Waals surface area contributed by atoms with Crippen LogP contribution >= 0.6 is 11.3 Å². The van der Waals surface area contributed by atoms with Crippen LogP contribution in [-0.2, 0) is 13.0 Å². The van der Waals surface area contributed by atoms with Crippen LogP contribution in [0.1, 0.15) is 16.1 Å². The Hall–Kier alpha value is -2.08. The van der Waals surface area contributed by atoms with Crippen LogP contribution in [0, 0.1) is 6.92 Å². The van der Waals surface area contributed by atoms with Crippen LogP contribution in [0.3, 0.4) is 0 Å². The average Bonchev–Trinajstić information content (AvgIpc) is 2.91. The van der Waals surface area contributed by atoms with Crippen molar-refractivity contribution in [2.24, 2.45) is 10.9 Å². The fourth-order valence-electron chi connectivity index (χ4n) is 1.87. The number of hydrogen-bond donors (Lipinski definition) is 2. The number of nitrogens with two attached hydrogens (primary N) is 1. The predicted molar refractivity (Wildman–Crippen MR) is 76.0 cm³/mol. The average molecular weight is 277 g/mol. The number of pyridine rings is 1. The number of amidine groups is 1. The second-order valence-corrected chi connectivity index (χ2v) is 5.19. The number of thiophene rings is 1. The molecule has 0 amide bonds. The molecule has 0 saturated heterocycles. The van der Waals surface area contributed by atoms with Crippen LogP contribution in [0.15, 0.2) is 39.6 Å². The van der Waals surface area contributed by atoms with Crippen LogP contribution in [0.25, 0.3) is 0 Å². The maximum absolute atomic E-state index is 12.2. The largest absolute Gasteiger partial charge is 0.409 e. The molecule has 0 saturated carbocycles. The molecule has 0 fully saturated rings. The third kappa shape index (κ3) is 2.85. The molecule has 2 aromatic rings. The van der Waals surface area contributed by atoms with E-state index in [0.717, 1.165) is 12.1 Å². The first-order valence-corrected chi connectivity index (χ1v) is 6.72. The molecule has 6 heteroatoms. The van der Waals surface area contributed by atoms with E-state index in [1.165, 1.54) is 4.88 Å². The summed E-state index contributed by atoms with van der Waals surface area (Å²) in [4.78, 5) is 13.5. The molecule has 0 unspecified atom stereocenters. The Labute approximate surface area is 114 Å². The van der Waals surface area contributed by atoms with E-state index < -0.39 is 0 Å². The summed E-state index contributed by atoms with van der Waals surface area (Å²) in [5, 5.41) is 13.6. The summed E-state index contributed by atoms with van der Waals surface area (Å²) in [6, 6.07) is 7.40. The lowest BCUT2D eigenvalue weighted by molar-refractivity contribution is 0.318. The van der Waals surface area contributed by atoms with Crippen molar-refractivity contribution in [1.82, 2.24) is 4.57 Å². The van der Waals surface area contributed by atoms with E-state index in [9.17, 15) is 4.79 Å². The SMILES string of the molecule is Cc1ccc(/C(N)=N/O)c(=O)n1CCc1cccs1. The summed E-state index contributed by atoms with van der Waals surface area (Å²) < 4.78 is 1.65. The minimum Gasteiger partial charge on any atom is -0.409 e. The van der Waals surface area contributed by atoms with Gasteiger partial charge in [-0.15, -0.1) is 11.3 Å².